The maximum atomic E-state index is 11.4. The molecule has 1 rings (SSSR count). The molecule has 0 aliphatic carbocycles. The van der Waals surface area contributed by atoms with E-state index in [4.69, 9.17) is 4.74 Å². The molecule has 10 heteroatoms. The van der Waals surface area contributed by atoms with Crippen molar-refractivity contribution in [3.05, 3.63) is 16.3 Å². The first-order valence-electron chi connectivity index (χ1n) is 5.07. The molecule has 0 aliphatic rings. The molecule has 0 aromatic carbocycles. The van der Waals surface area contributed by atoms with Gasteiger partial charge in [-0.05, 0) is 0 Å². The van der Waals surface area contributed by atoms with Crippen molar-refractivity contribution in [3.63, 3.8) is 0 Å². The van der Waals surface area contributed by atoms with E-state index in [0.717, 1.165) is 10.9 Å². The molecule has 0 saturated carbocycles. The van der Waals surface area contributed by atoms with Gasteiger partial charge in [0.2, 0.25) is 5.91 Å². The fourth-order valence-corrected chi connectivity index (χ4v) is 1.19. The normalized spacial score (nSPS) is 9.79. The highest BCUT2D eigenvalue weighted by atomic mass is 16.6. The fourth-order valence-electron chi connectivity index (χ4n) is 1.19. The molecule has 0 unspecified atom stereocenters. The van der Waals surface area contributed by atoms with E-state index in [1.54, 1.807) is 0 Å². The maximum absolute atomic E-state index is 11.4. The van der Waals surface area contributed by atoms with Gasteiger partial charge in [-0.15, -0.1) is 5.10 Å². The zero-order chi connectivity index (χ0) is 14.4. The number of nitrogens with zero attached hydrogens (tertiary/aromatic N) is 3. The lowest BCUT2D eigenvalue weighted by Crippen LogP contribution is -2.32. The van der Waals surface area contributed by atoms with Crippen molar-refractivity contribution in [2.75, 3.05) is 20.8 Å². The Morgan fingerprint density at radius 3 is 2.68 bits per heavy atom. The zero-order valence-electron chi connectivity index (χ0n) is 10.3. The molecule has 0 aliphatic heterocycles. The lowest BCUT2D eigenvalue weighted by molar-refractivity contribution is -0.385. The lowest BCUT2D eigenvalue weighted by atomic mass is 10.5. The quantitative estimate of drug-likeness (QED) is 0.403. The predicted octanol–water partition coefficient (Wildman–Crippen LogP) is -0.911. The minimum absolute atomic E-state index is 0.189. The highest BCUT2D eigenvalue weighted by Crippen LogP contribution is 2.23. The van der Waals surface area contributed by atoms with E-state index in [0.29, 0.717) is 0 Å². The molecule has 0 atom stereocenters. The van der Waals surface area contributed by atoms with Crippen LogP contribution in [0.4, 0.5) is 5.69 Å². The number of aromatic nitrogens is 2. The van der Waals surface area contributed by atoms with Crippen molar-refractivity contribution in [2.45, 2.75) is 6.54 Å². The highest BCUT2D eigenvalue weighted by molar-refractivity contribution is 5.81. The number of hydrogen-bond acceptors (Lipinski definition) is 7. The second-order valence-electron chi connectivity index (χ2n) is 3.33. The van der Waals surface area contributed by atoms with Crippen LogP contribution < -0.4 is 10.1 Å². The third-order valence-corrected chi connectivity index (χ3v) is 2.06. The second kappa shape index (κ2) is 6.33. The summed E-state index contributed by atoms with van der Waals surface area (Å²) < 4.78 is 10.1. The van der Waals surface area contributed by atoms with Crippen LogP contribution in [0.3, 0.4) is 0 Å². The molecule has 10 nitrogen and oxygen atoms in total. The molecule has 0 bridgehead atoms. The Hall–Kier alpha value is -2.65. The average Bonchev–Trinajstić information content (AvgIpc) is 2.79. The Balaban J connectivity index is 2.64. The van der Waals surface area contributed by atoms with Gasteiger partial charge in [-0.1, -0.05) is 0 Å². The van der Waals surface area contributed by atoms with Crippen LogP contribution in [-0.2, 0) is 20.9 Å². The highest BCUT2D eigenvalue weighted by Gasteiger charge is 2.21. The first-order valence-corrected chi connectivity index (χ1v) is 5.07. The summed E-state index contributed by atoms with van der Waals surface area (Å²) in [6, 6.07) is 0. The first kappa shape index (κ1) is 14.4. The zero-order valence-corrected chi connectivity index (χ0v) is 10.3. The molecule has 0 spiro atoms. The van der Waals surface area contributed by atoms with E-state index in [1.165, 1.54) is 14.2 Å². The lowest BCUT2D eigenvalue weighted by Gasteiger charge is -2.03. The third kappa shape index (κ3) is 3.94. The van der Waals surface area contributed by atoms with Crippen LogP contribution in [0.1, 0.15) is 0 Å². The number of methoxy groups -OCH3 is 2. The number of nitrogens with one attached hydrogen (secondary N) is 1. The molecule has 1 aromatic heterocycles. The summed E-state index contributed by atoms with van der Waals surface area (Å²) in [6.45, 7) is -0.559. The number of hydrogen-bond donors (Lipinski definition) is 1. The number of amides is 1. The predicted molar refractivity (Wildman–Crippen MR) is 60.5 cm³/mol. The van der Waals surface area contributed by atoms with E-state index < -0.39 is 16.8 Å². The topological polar surface area (TPSA) is 126 Å². The summed E-state index contributed by atoms with van der Waals surface area (Å²) in [7, 11) is 2.42. The van der Waals surface area contributed by atoms with E-state index >= 15 is 0 Å². The van der Waals surface area contributed by atoms with Gasteiger partial charge in [0, 0.05) is 0 Å². The van der Waals surface area contributed by atoms with E-state index in [9.17, 15) is 19.7 Å². The van der Waals surface area contributed by atoms with Crippen LogP contribution in [0.2, 0.25) is 0 Å². The summed E-state index contributed by atoms with van der Waals surface area (Å²) in [4.78, 5) is 32.2. The Morgan fingerprint density at radius 2 is 2.21 bits per heavy atom. The van der Waals surface area contributed by atoms with Crippen LogP contribution in [0.15, 0.2) is 6.20 Å². The van der Waals surface area contributed by atoms with Crippen LogP contribution >= 0.6 is 0 Å². The Kier molecular flexibility index (Phi) is 4.80. The molecule has 104 valence electrons. The number of esters is 1. The van der Waals surface area contributed by atoms with Gasteiger partial charge in [0.05, 0.1) is 19.1 Å². The summed E-state index contributed by atoms with van der Waals surface area (Å²) in [5.74, 6) is -1.33. The van der Waals surface area contributed by atoms with Crippen molar-refractivity contribution in [1.82, 2.24) is 15.1 Å². The van der Waals surface area contributed by atoms with Crippen LogP contribution in [0.25, 0.3) is 0 Å². The van der Waals surface area contributed by atoms with Gasteiger partial charge in [-0.2, -0.15) is 0 Å². The molecule has 1 aromatic rings. The minimum Gasteiger partial charge on any atom is -0.475 e. The fraction of sp³-hybridized carbons (Fsp3) is 0.444. The van der Waals surface area contributed by atoms with Crippen LogP contribution in [0, 0.1) is 10.1 Å². The third-order valence-electron chi connectivity index (χ3n) is 2.06. The van der Waals surface area contributed by atoms with Crippen molar-refractivity contribution in [3.8, 4) is 5.88 Å². The number of rotatable bonds is 6. The number of carbonyl (C=O) groups is 2. The largest absolute Gasteiger partial charge is 0.475 e. The smallest absolute Gasteiger partial charge is 0.350 e. The molecular weight excluding hydrogens is 260 g/mol. The summed E-state index contributed by atoms with van der Waals surface area (Å²) in [5.41, 5.74) is -0.344. The van der Waals surface area contributed by atoms with Crippen LogP contribution in [-0.4, -0.2) is 47.3 Å². The molecule has 0 fully saturated rings. The minimum atomic E-state index is -0.672. The molecular formula is C9H12N4O6. The Bertz CT molecular complexity index is 497. The molecule has 1 heterocycles. The van der Waals surface area contributed by atoms with Gasteiger partial charge in [0.1, 0.15) is 19.3 Å². The van der Waals surface area contributed by atoms with Gasteiger partial charge in [0.25, 0.3) is 0 Å². The molecule has 0 radical (unpaired) electrons. The van der Waals surface area contributed by atoms with E-state index in [1.807, 2.05) is 0 Å². The number of carbonyl (C=O) groups excluding carboxylic acids is 2. The Morgan fingerprint density at radius 1 is 1.53 bits per heavy atom. The van der Waals surface area contributed by atoms with Gasteiger partial charge in [-0.25, -0.2) is 0 Å². The SMILES string of the molecule is COC(=O)CNC(=O)Cn1cc([N+](=O)[O-])c(OC)n1. The first-order chi connectivity index (χ1) is 8.97. The van der Waals surface area contributed by atoms with Gasteiger partial charge >= 0.3 is 17.5 Å². The maximum Gasteiger partial charge on any atom is 0.350 e. The molecule has 0 saturated heterocycles. The van der Waals surface area contributed by atoms with Crippen molar-refractivity contribution in [1.29, 1.82) is 0 Å². The van der Waals surface area contributed by atoms with Gasteiger partial charge in [-0.3, -0.25) is 24.4 Å². The molecule has 1 N–H and O–H groups in total. The second-order valence-corrected chi connectivity index (χ2v) is 3.33. The Labute approximate surface area is 107 Å². The van der Waals surface area contributed by atoms with Crippen LogP contribution in [0.5, 0.6) is 5.88 Å². The molecule has 19 heavy (non-hydrogen) atoms. The van der Waals surface area contributed by atoms with Crippen molar-refractivity contribution < 1.29 is 24.0 Å². The van der Waals surface area contributed by atoms with E-state index in [2.05, 4.69) is 15.2 Å². The van der Waals surface area contributed by atoms with Gasteiger partial charge < -0.3 is 14.8 Å². The molecule has 1 amide bonds. The van der Waals surface area contributed by atoms with Crippen molar-refractivity contribution in [2.24, 2.45) is 0 Å². The standard InChI is InChI=1S/C9H12N4O6/c1-18-8(15)3-10-7(14)5-12-4-6(13(16)17)9(11-12)19-2/h4H,3,5H2,1-2H3,(H,10,14). The monoisotopic (exact) mass is 272 g/mol. The number of ether oxygens (including phenoxy) is 2. The summed E-state index contributed by atoms with van der Waals surface area (Å²) >= 11 is 0. The van der Waals surface area contributed by atoms with Gasteiger partial charge in [0.15, 0.2) is 0 Å². The summed E-state index contributed by atoms with van der Waals surface area (Å²) in [5, 5.41) is 16.6. The van der Waals surface area contributed by atoms with E-state index in [-0.39, 0.29) is 24.7 Å². The average molecular weight is 272 g/mol. The van der Waals surface area contributed by atoms with Crippen molar-refractivity contribution >= 4 is 17.6 Å². The number of nitro groups is 1. The summed E-state index contributed by atoms with van der Waals surface area (Å²) in [6.07, 6.45) is 1.07.